The van der Waals surface area contributed by atoms with Crippen molar-refractivity contribution in [3.63, 3.8) is 0 Å². The highest BCUT2D eigenvalue weighted by molar-refractivity contribution is 5.31. The van der Waals surface area contributed by atoms with Gasteiger partial charge in [0.1, 0.15) is 11.6 Å². The number of hydrogen-bond donors (Lipinski definition) is 0. The lowest BCUT2D eigenvalue weighted by Crippen LogP contribution is -2.35. The van der Waals surface area contributed by atoms with Crippen molar-refractivity contribution in [2.24, 2.45) is 5.92 Å². The van der Waals surface area contributed by atoms with E-state index in [1.54, 1.807) is 0 Å². The summed E-state index contributed by atoms with van der Waals surface area (Å²) in [5.41, 5.74) is 1.05. The maximum atomic E-state index is 14.3. The summed E-state index contributed by atoms with van der Waals surface area (Å²) < 4.78 is 28.6. The zero-order chi connectivity index (χ0) is 15.6. The largest absolute Gasteiger partial charge is 0.303 e. The van der Waals surface area contributed by atoms with Gasteiger partial charge in [0.25, 0.3) is 0 Å². The normalized spacial score (nSPS) is 17.9. The summed E-state index contributed by atoms with van der Waals surface area (Å²) >= 11 is 0. The van der Waals surface area contributed by atoms with E-state index in [-0.39, 0.29) is 23.5 Å². The quantitative estimate of drug-likeness (QED) is 0.762. The summed E-state index contributed by atoms with van der Waals surface area (Å²) in [6.07, 6.45) is 1.70. The Labute approximate surface area is 127 Å². The summed E-state index contributed by atoms with van der Waals surface area (Å²) in [6, 6.07) is 3.03. The summed E-state index contributed by atoms with van der Waals surface area (Å²) in [6.45, 7) is 11.3. The minimum absolute atomic E-state index is 0.0228. The van der Waals surface area contributed by atoms with Crippen LogP contribution in [0.2, 0.25) is 0 Å². The van der Waals surface area contributed by atoms with Crippen LogP contribution in [0.1, 0.15) is 63.5 Å². The molecule has 0 spiro atoms. The van der Waals surface area contributed by atoms with Crippen LogP contribution < -0.4 is 0 Å². The second-order valence-corrected chi connectivity index (χ2v) is 7.02. The van der Waals surface area contributed by atoms with E-state index in [1.807, 2.05) is 13.8 Å². The van der Waals surface area contributed by atoms with E-state index in [0.717, 1.165) is 38.0 Å². The van der Waals surface area contributed by atoms with Gasteiger partial charge in [-0.25, -0.2) is 8.78 Å². The number of halogens is 2. The lowest BCUT2D eigenvalue weighted by atomic mass is 9.87. The first kappa shape index (κ1) is 16.4. The summed E-state index contributed by atoms with van der Waals surface area (Å²) in [7, 11) is 0. The van der Waals surface area contributed by atoms with Crippen LogP contribution in [0.3, 0.4) is 0 Å². The van der Waals surface area contributed by atoms with E-state index < -0.39 is 0 Å². The van der Waals surface area contributed by atoms with Crippen LogP contribution in [0, 0.1) is 17.6 Å². The summed E-state index contributed by atoms with van der Waals surface area (Å²) in [4.78, 5) is 2.40. The monoisotopic (exact) mass is 295 g/mol. The summed E-state index contributed by atoms with van der Waals surface area (Å²) in [5.74, 6) is 0.0907. The molecule has 1 aromatic rings. The molecule has 0 atom stereocenters. The number of piperidine rings is 1. The molecule has 0 bridgehead atoms. The number of benzene rings is 1. The first-order valence-corrected chi connectivity index (χ1v) is 8.09. The third-order valence-electron chi connectivity index (χ3n) is 4.39. The average Bonchev–Trinajstić information content (AvgIpc) is 2.39. The van der Waals surface area contributed by atoms with Gasteiger partial charge in [-0.1, -0.05) is 27.7 Å². The topological polar surface area (TPSA) is 3.24 Å². The lowest BCUT2D eigenvalue weighted by Gasteiger charge is -2.33. The number of rotatable bonds is 4. The molecule has 0 unspecified atom stereocenters. The Morgan fingerprint density at radius 1 is 1.05 bits per heavy atom. The molecule has 1 aromatic carbocycles. The van der Waals surface area contributed by atoms with Gasteiger partial charge in [-0.3, -0.25) is 0 Å². The SMILES string of the molecule is CC(C)CN1CCC(c2c(F)cc(C(C)C)cc2F)CC1. The Hall–Kier alpha value is -0.960. The molecule has 1 saturated heterocycles. The fourth-order valence-corrected chi connectivity index (χ4v) is 3.25. The first-order chi connectivity index (χ1) is 9.88. The van der Waals surface area contributed by atoms with E-state index >= 15 is 0 Å². The molecule has 3 heteroatoms. The van der Waals surface area contributed by atoms with Gasteiger partial charge < -0.3 is 4.90 Å². The van der Waals surface area contributed by atoms with E-state index in [0.29, 0.717) is 11.5 Å². The van der Waals surface area contributed by atoms with Crippen molar-refractivity contribution in [3.8, 4) is 0 Å². The molecule has 1 aliphatic heterocycles. The maximum Gasteiger partial charge on any atom is 0.129 e. The Kier molecular flexibility index (Phi) is 5.37. The average molecular weight is 295 g/mol. The molecule has 0 amide bonds. The predicted octanol–water partition coefficient (Wildman–Crippen LogP) is 4.92. The van der Waals surface area contributed by atoms with Crippen LogP contribution >= 0.6 is 0 Å². The summed E-state index contributed by atoms with van der Waals surface area (Å²) in [5, 5.41) is 0. The lowest BCUT2D eigenvalue weighted by molar-refractivity contribution is 0.189. The minimum Gasteiger partial charge on any atom is -0.303 e. The number of hydrogen-bond acceptors (Lipinski definition) is 1. The van der Waals surface area contributed by atoms with Crippen molar-refractivity contribution in [2.75, 3.05) is 19.6 Å². The molecule has 1 heterocycles. The van der Waals surface area contributed by atoms with Gasteiger partial charge in [-0.15, -0.1) is 0 Å². The van der Waals surface area contributed by atoms with Crippen LogP contribution in [0.4, 0.5) is 8.78 Å². The molecule has 0 N–H and O–H groups in total. The molecule has 2 rings (SSSR count). The van der Waals surface area contributed by atoms with Crippen LogP contribution in [0.25, 0.3) is 0 Å². The molecular formula is C18H27F2N. The molecular weight excluding hydrogens is 268 g/mol. The van der Waals surface area contributed by atoms with E-state index in [1.165, 1.54) is 12.1 Å². The van der Waals surface area contributed by atoms with Gasteiger partial charge in [-0.05, 0) is 61.4 Å². The van der Waals surface area contributed by atoms with E-state index in [9.17, 15) is 8.78 Å². The Morgan fingerprint density at radius 3 is 2.00 bits per heavy atom. The van der Waals surface area contributed by atoms with Gasteiger partial charge in [0.15, 0.2) is 0 Å². The van der Waals surface area contributed by atoms with Crippen molar-refractivity contribution in [1.29, 1.82) is 0 Å². The molecule has 21 heavy (non-hydrogen) atoms. The standard InChI is InChI=1S/C18H27F2N/c1-12(2)11-21-7-5-14(6-8-21)18-16(19)9-15(13(3)4)10-17(18)20/h9-10,12-14H,5-8,11H2,1-4H3. The molecule has 0 aromatic heterocycles. The van der Waals surface area contributed by atoms with Gasteiger partial charge >= 0.3 is 0 Å². The van der Waals surface area contributed by atoms with Crippen LogP contribution in [-0.4, -0.2) is 24.5 Å². The predicted molar refractivity (Wildman–Crippen MR) is 83.7 cm³/mol. The number of nitrogens with zero attached hydrogens (tertiary/aromatic N) is 1. The Bertz CT molecular complexity index is 451. The minimum atomic E-state index is -0.360. The van der Waals surface area contributed by atoms with Crippen molar-refractivity contribution >= 4 is 0 Å². The Morgan fingerprint density at radius 2 is 1.57 bits per heavy atom. The molecule has 1 aliphatic rings. The highest BCUT2D eigenvalue weighted by atomic mass is 19.1. The fourth-order valence-electron chi connectivity index (χ4n) is 3.25. The molecule has 0 aliphatic carbocycles. The van der Waals surface area contributed by atoms with Crippen LogP contribution in [0.5, 0.6) is 0 Å². The van der Waals surface area contributed by atoms with Gasteiger partial charge in [0.2, 0.25) is 0 Å². The molecule has 1 nitrogen and oxygen atoms in total. The van der Waals surface area contributed by atoms with Gasteiger partial charge in [-0.2, -0.15) is 0 Å². The molecule has 0 radical (unpaired) electrons. The third-order valence-corrected chi connectivity index (χ3v) is 4.39. The van der Waals surface area contributed by atoms with Crippen LogP contribution in [-0.2, 0) is 0 Å². The van der Waals surface area contributed by atoms with Crippen molar-refractivity contribution < 1.29 is 8.78 Å². The van der Waals surface area contributed by atoms with E-state index in [2.05, 4.69) is 18.7 Å². The smallest absolute Gasteiger partial charge is 0.129 e. The van der Waals surface area contributed by atoms with Gasteiger partial charge in [0, 0.05) is 12.1 Å². The van der Waals surface area contributed by atoms with E-state index in [4.69, 9.17) is 0 Å². The second-order valence-electron chi connectivity index (χ2n) is 7.02. The number of likely N-dealkylation sites (tertiary alicyclic amines) is 1. The molecule has 1 fully saturated rings. The molecule has 0 saturated carbocycles. The Balaban J connectivity index is 2.10. The van der Waals surface area contributed by atoms with Crippen molar-refractivity contribution in [2.45, 2.75) is 52.4 Å². The zero-order valence-electron chi connectivity index (χ0n) is 13.6. The maximum absolute atomic E-state index is 14.3. The highest BCUT2D eigenvalue weighted by Crippen LogP contribution is 2.33. The zero-order valence-corrected chi connectivity index (χ0v) is 13.6. The van der Waals surface area contributed by atoms with Crippen LogP contribution in [0.15, 0.2) is 12.1 Å². The molecule has 118 valence electrons. The fraction of sp³-hybridized carbons (Fsp3) is 0.667. The highest BCUT2D eigenvalue weighted by Gasteiger charge is 2.26. The second kappa shape index (κ2) is 6.87. The third kappa shape index (κ3) is 4.03. The van der Waals surface area contributed by atoms with Gasteiger partial charge in [0.05, 0.1) is 0 Å². The van der Waals surface area contributed by atoms with Crippen molar-refractivity contribution in [1.82, 2.24) is 4.90 Å². The van der Waals surface area contributed by atoms with Crippen molar-refractivity contribution in [3.05, 3.63) is 34.9 Å². The first-order valence-electron chi connectivity index (χ1n) is 8.09.